The number of fused-ring (bicyclic) bond motifs is 1. The predicted octanol–water partition coefficient (Wildman–Crippen LogP) is 3.85. The predicted molar refractivity (Wildman–Crippen MR) is 102 cm³/mol. The number of benzene rings is 2. The van der Waals surface area contributed by atoms with Crippen LogP contribution in [0.5, 0.6) is 0 Å². The van der Waals surface area contributed by atoms with Crippen LogP contribution in [0.4, 0.5) is 0 Å². The van der Waals surface area contributed by atoms with Gasteiger partial charge in [0.25, 0.3) is 0 Å². The van der Waals surface area contributed by atoms with Gasteiger partial charge in [-0.2, -0.15) is 0 Å². The van der Waals surface area contributed by atoms with Crippen LogP contribution in [0.2, 0.25) is 0 Å². The molecule has 2 aromatic rings. The summed E-state index contributed by atoms with van der Waals surface area (Å²) in [6.07, 6.45) is 3.32. The maximum absolute atomic E-state index is 5.95. The molecule has 0 bridgehead atoms. The Bertz CT molecular complexity index is 644. The van der Waals surface area contributed by atoms with Gasteiger partial charge in [0.15, 0.2) is 0 Å². The third kappa shape index (κ3) is 4.61. The van der Waals surface area contributed by atoms with Crippen molar-refractivity contribution in [1.82, 2.24) is 10.0 Å². The van der Waals surface area contributed by atoms with Gasteiger partial charge >= 0.3 is 0 Å². The minimum Gasteiger partial charge on any atom is -0.372 e. The van der Waals surface area contributed by atoms with Crippen molar-refractivity contribution in [3.05, 3.63) is 70.8 Å². The first kappa shape index (κ1) is 17.5. The van der Waals surface area contributed by atoms with Crippen molar-refractivity contribution in [3.8, 4) is 0 Å². The van der Waals surface area contributed by atoms with E-state index in [1.807, 2.05) is 0 Å². The number of ether oxygens (including phenoxy) is 1. The molecule has 0 radical (unpaired) electrons. The Labute approximate surface area is 149 Å². The second-order valence-electron chi connectivity index (χ2n) is 6.32. The van der Waals surface area contributed by atoms with Crippen LogP contribution in [-0.2, 0) is 24.3 Å². The molecule has 24 heavy (non-hydrogen) atoms. The lowest BCUT2D eigenvalue weighted by Gasteiger charge is -2.25. The molecule has 2 atom stereocenters. The third-order valence-electron chi connectivity index (χ3n) is 4.52. The first-order valence-corrected chi connectivity index (χ1v) is 9.75. The molecular formula is C20H26N2OS. The van der Waals surface area contributed by atoms with Gasteiger partial charge in [0.2, 0.25) is 0 Å². The second kappa shape index (κ2) is 8.67. The summed E-state index contributed by atoms with van der Waals surface area (Å²) in [6.45, 7) is 4.69. The summed E-state index contributed by atoms with van der Waals surface area (Å²) in [5, 5.41) is 3.53. The lowest BCUT2D eigenvalue weighted by atomic mass is 9.99. The smallest absolute Gasteiger partial charge is 0.0744 e. The van der Waals surface area contributed by atoms with Gasteiger partial charge < -0.3 is 10.1 Å². The maximum atomic E-state index is 5.95. The Balaban J connectivity index is 1.45. The standard InChI is InChI=1S/C20H26N2OS/c1-15(22-24-2)17-9-7-16(8-10-17)12-21-13-20-11-18-5-3-4-6-19(18)14-23-20/h3-10,15,20-22H,11-14H2,1-2H3. The topological polar surface area (TPSA) is 33.3 Å². The van der Waals surface area contributed by atoms with Crippen molar-refractivity contribution in [2.45, 2.75) is 38.6 Å². The third-order valence-corrected chi connectivity index (χ3v) is 5.11. The van der Waals surface area contributed by atoms with E-state index in [0.717, 1.165) is 26.1 Å². The summed E-state index contributed by atoms with van der Waals surface area (Å²) >= 11 is 1.66. The molecule has 0 saturated carbocycles. The number of rotatable bonds is 7. The van der Waals surface area contributed by atoms with Crippen LogP contribution in [0.3, 0.4) is 0 Å². The van der Waals surface area contributed by atoms with Gasteiger partial charge in [0.05, 0.1) is 12.7 Å². The molecule has 4 heteroatoms. The van der Waals surface area contributed by atoms with E-state index < -0.39 is 0 Å². The van der Waals surface area contributed by atoms with Crippen LogP contribution in [0, 0.1) is 0 Å². The van der Waals surface area contributed by atoms with E-state index in [-0.39, 0.29) is 6.10 Å². The molecular weight excluding hydrogens is 316 g/mol. The van der Waals surface area contributed by atoms with E-state index in [1.54, 1.807) is 11.9 Å². The fraction of sp³-hybridized carbons (Fsp3) is 0.400. The van der Waals surface area contributed by atoms with Gasteiger partial charge in [-0.05, 0) is 35.4 Å². The molecule has 1 heterocycles. The summed E-state index contributed by atoms with van der Waals surface area (Å²) in [4.78, 5) is 0. The first-order chi connectivity index (χ1) is 11.8. The van der Waals surface area contributed by atoms with Gasteiger partial charge in [0.1, 0.15) is 0 Å². The Kier molecular flexibility index (Phi) is 6.32. The van der Waals surface area contributed by atoms with E-state index in [1.165, 1.54) is 22.3 Å². The highest BCUT2D eigenvalue weighted by Crippen LogP contribution is 2.20. The summed E-state index contributed by atoms with van der Waals surface area (Å²) in [7, 11) is 0. The molecule has 0 aliphatic carbocycles. The van der Waals surface area contributed by atoms with Gasteiger partial charge in [-0.1, -0.05) is 60.5 Å². The summed E-state index contributed by atoms with van der Waals surface area (Å²) in [5.41, 5.74) is 5.39. The van der Waals surface area contributed by atoms with E-state index in [4.69, 9.17) is 4.74 Å². The highest BCUT2D eigenvalue weighted by molar-refractivity contribution is 7.96. The normalized spacial score (nSPS) is 18.2. The lowest BCUT2D eigenvalue weighted by molar-refractivity contribution is 0.0288. The first-order valence-electron chi connectivity index (χ1n) is 8.52. The Morgan fingerprint density at radius 2 is 1.88 bits per heavy atom. The molecule has 0 amide bonds. The summed E-state index contributed by atoms with van der Waals surface area (Å²) in [5.74, 6) is 0. The second-order valence-corrected chi connectivity index (χ2v) is 6.97. The highest BCUT2D eigenvalue weighted by atomic mass is 32.2. The fourth-order valence-electron chi connectivity index (χ4n) is 3.09. The Morgan fingerprint density at radius 1 is 1.12 bits per heavy atom. The molecule has 1 aliphatic heterocycles. The average Bonchev–Trinajstić information content (AvgIpc) is 2.62. The van der Waals surface area contributed by atoms with Crippen LogP contribution in [-0.4, -0.2) is 18.9 Å². The van der Waals surface area contributed by atoms with Crippen molar-refractivity contribution >= 4 is 11.9 Å². The molecule has 0 spiro atoms. The van der Waals surface area contributed by atoms with E-state index in [9.17, 15) is 0 Å². The van der Waals surface area contributed by atoms with Crippen molar-refractivity contribution in [2.24, 2.45) is 0 Å². The summed E-state index contributed by atoms with van der Waals surface area (Å²) in [6, 6.07) is 17.8. The Hall–Kier alpha value is -1.33. The zero-order valence-corrected chi connectivity index (χ0v) is 15.2. The van der Waals surface area contributed by atoms with Gasteiger partial charge in [-0.15, -0.1) is 0 Å². The molecule has 0 fully saturated rings. The highest BCUT2D eigenvalue weighted by Gasteiger charge is 2.18. The van der Waals surface area contributed by atoms with Gasteiger partial charge in [0, 0.05) is 25.6 Å². The van der Waals surface area contributed by atoms with Crippen LogP contribution in [0.15, 0.2) is 48.5 Å². The molecule has 0 aromatic heterocycles. The van der Waals surface area contributed by atoms with Crippen LogP contribution < -0.4 is 10.0 Å². The van der Waals surface area contributed by atoms with E-state index in [2.05, 4.69) is 71.7 Å². The molecule has 2 unspecified atom stereocenters. The van der Waals surface area contributed by atoms with Gasteiger partial charge in [-0.3, -0.25) is 4.72 Å². The molecule has 2 N–H and O–H groups in total. The lowest BCUT2D eigenvalue weighted by Crippen LogP contribution is -2.33. The molecule has 1 aliphatic rings. The quantitative estimate of drug-likeness (QED) is 0.749. The molecule has 3 nitrogen and oxygen atoms in total. The molecule has 128 valence electrons. The molecule has 0 saturated heterocycles. The van der Waals surface area contributed by atoms with Crippen molar-refractivity contribution in [3.63, 3.8) is 0 Å². The average molecular weight is 343 g/mol. The van der Waals surface area contributed by atoms with Crippen molar-refractivity contribution in [1.29, 1.82) is 0 Å². The minimum atomic E-state index is 0.268. The van der Waals surface area contributed by atoms with Crippen LogP contribution in [0.1, 0.15) is 35.2 Å². The fourth-order valence-corrected chi connectivity index (χ4v) is 3.58. The van der Waals surface area contributed by atoms with Crippen molar-refractivity contribution < 1.29 is 4.74 Å². The zero-order valence-electron chi connectivity index (χ0n) is 14.4. The number of nitrogens with one attached hydrogen (secondary N) is 2. The van der Waals surface area contributed by atoms with E-state index >= 15 is 0 Å². The molecule has 2 aromatic carbocycles. The number of hydrogen-bond donors (Lipinski definition) is 2. The van der Waals surface area contributed by atoms with Gasteiger partial charge in [-0.25, -0.2) is 0 Å². The van der Waals surface area contributed by atoms with E-state index in [0.29, 0.717) is 6.04 Å². The largest absolute Gasteiger partial charge is 0.372 e. The monoisotopic (exact) mass is 342 g/mol. The SMILES string of the molecule is CSNC(C)c1ccc(CNCC2Cc3ccccc3CO2)cc1. The van der Waals surface area contributed by atoms with Crippen molar-refractivity contribution in [2.75, 3.05) is 12.8 Å². The Morgan fingerprint density at radius 3 is 2.62 bits per heavy atom. The number of hydrogen-bond acceptors (Lipinski definition) is 4. The van der Waals surface area contributed by atoms with Crippen LogP contribution >= 0.6 is 11.9 Å². The zero-order chi connectivity index (χ0) is 16.8. The van der Waals surface area contributed by atoms with Crippen LogP contribution in [0.25, 0.3) is 0 Å². The summed E-state index contributed by atoms with van der Waals surface area (Å²) < 4.78 is 9.31. The minimum absolute atomic E-state index is 0.268. The maximum Gasteiger partial charge on any atom is 0.0744 e. The molecule has 3 rings (SSSR count).